The van der Waals surface area contributed by atoms with Gasteiger partial charge in [-0.3, -0.25) is 9.78 Å². The van der Waals surface area contributed by atoms with E-state index in [9.17, 15) is 13.2 Å². The molecule has 0 spiro atoms. The van der Waals surface area contributed by atoms with Gasteiger partial charge in [-0.05, 0) is 47.7 Å². The molecule has 0 fully saturated rings. The van der Waals surface area contributed by atoms with E-state index in [-0.39, 0.29) is 29.5 Å². The van der Waals surface area contributed by atoms with Crippen molar-refractivity contribution in [2.75, 3.05) is 7.11 Å². The molecular weight excluding hydrogens is 438 g/mol. The number of aromatic nitrogens is 1. The third kappa shape index (κ3) is 6.63. The average molecular weight is 468 g/mol. The third-order valence-electron chi connectivity index (χ3n) is 5.21. The van der Waals surface area contributed by atoms with Crippen molar-refractivity contribution in [3.8, 4) is 5.75 Å². The van der Waals surface area contributed by atoms with Gasteiger partial charge in [-0.1, -0.05) is 56.3 Å². The first kappa shape index (κ1) is 24.4. The highest BCUT2D eigenvalue weighted by molar-refractivity contribution is 7.89. The van der Waals surface area contributed by atoms with Gasteiger partial charge in [0.2, 0.25) is 15.9 Å². The molecule has 0 radical (unpaired) electrons. The number of carbonyl (C=O) groups excluding carboxylic acids is 1. The minimum absolute atomic E-state index is 0.00628. The smallest absolute Gasteiger partial charge is 0.245 e. The van der Waals surface area contributed by atoms with Crippen molar-refractivity contribution in [2.45, 2.75) is 43.7 Å². The maximum Gasteiger partial charge on any atom is 0.245 e. The monoisotopic (exact) mass is 467 g/mol. The number of carbonyl (C=O) groups is 1. The molecule has 0 aliphatic heterocycles. The van der Waals surface area contributed by atoms with E-state index in [0.717, 1.165) is 11.1 Å². The summed E-state index contributed by atoms with van der Waals surface area (Å²) in [6.07, 6.45) is 1.83. The zero-order valence-corrected chi connectivity index (χ0v) is 19.8. The summed E-state index contributed by atoms with van der Waals surface area (Å²) in [5.74, 6) is -0.0852. The topological polar surface area (TPSA) is 97.4 Å². The van der Waals surface area contributed by atoms with Crippen LogP contribution in [0.1, 0.15) is 36.6 Å². The number of rotatable bonds is 10. The Balaban J connectivity index is 1.88. The maximum atomic E-state index is 13.4. The van der Waals surface area contributed by atoms with E-state index in [0.29, 0.717) is 5.69 Å². The highest BCUT2D eigenvalue weighted by Crippen LogP contribution is 2.28. The number of methoxy groups -OCH3 is 1. The minimum atomic E-state index is -4.06. The second kappa shape index (κ2) is 11.1. The normalized spacial score (nSPS) is 12.4. The van der Waals surface area contributed by atoms with Crippen molar-refractivity contribution in [1.29, 1.82) is 0 Å². The van der Waals surface area contributed by atoms with Crippen LogP contribution >= 0.6 is 0 Å². The van der Waals surface area contributed by atoms with E-state index in [4.69, 9.17) is 4.74 Å². The lowest BCUT2D eigenvalue weighted by atomic mass is 10.0. The molecule has 0 aliphatic carbocycles. The summed E-state index contributed by atoms with van der Waals surface area (Å²) in [6.45, 7) is 4.16. The van der Waals surface area contributed by atoms with E-state index in [1.54, 1.807) is 30.5 Å². The molecule has 2 N–H and O–H groups in total. The Morgan fingerprint density at radius 2 is 1.76 bits per heavy atom. The fraction of sp³-hybridized carbons (Fsp3) is 0.280. The Labute approximate surface area is 195 Å². The predicted octanol–water partition coefficient (Wildman–Crippen LogP) is 3.42. The lowest BCUT2D eigenvalue weighted by Crippen LogP contribution is -2.47. The first-order valence-electron chi connectivity index (χ1n) is 10.7. The molecule has 1 atom stereocenters. The minimum Gasteiger partial charge on any atom is -0.495 e. The fourth-order valence-corrected chi connectivity index (χ4v) is 4.75. The van der Waals surface area contributed by atoms with Crippen LogP contribution in [0.25, 0.3) is 0 Å². The number of nitrogens with zero attached hydrogens (tertiary/aromatic N) is 1. The van der Waals surface area contributed by atoms with Crippen molar-refractivity contribution in [3.63, 3.8) is 0 Å². The highest BCUT2D eigenvalue weighted by atomic mass is 32.2. The van der Waals surface area contributed by atoms with Crippen LogP contribution in [0.3, 0.4) is 0 Å². The predicted molar refractivity (Wildman–Crippen MR) is 127 cm³/mol. The van der Waals surface area contributed by atoms with Gasteiger partial charge in [0.05, 0.1) is 19.3 Å². The van der Waals surface area contributed by atoms with E-state index in [1.165, 1.54) is 7.11 Å². The van der Waals surface area contributed by atoms with Gasteiger partial charge >= 0.3 is 0 Å². The number of pyridine rings is 1. The van der Waals surface area contributed by atoms with Crippen molar-refractivity contribution in [2.24, 2.45) is 0 Å². The number of hydrogen-bond acceptors (Lipinski definition) is 5. The van der Waals surface area contributed by atoms with Crippen LogP contribution in [0.4, 0.5) is 0 Å². The lowest BCUT2D eigenvalue weighted by Gasteiger charge is -2.20. The Hall–Kier alpha value is -3.23. The molecule has 1 heterocycles. The summed E-state index contributed by atoms with van der Waals surface area (Å²) in [5.41, 5.74) is 2.37. The summed E-state index contributed by atoms with van der Waals surface area (Å²) in [4.78, 5) is 17.3. The first-order chi connectivity index (χ1) is 15.8. The van der Waals surface area contributed by atoms with Gasteiger partial charge in [-0.15, -0.1) is 0 Å². The molecule has 8 heteroatoms. The number of benzene rings is 2. The number of hydrogen-bond donors (Lipinski definition) is 2. The van der Waals surface area contributed by atoms with Crippen LogP contribution in [0.5, 0.6) is 5.75 Å². The molecule has 0 aliphatic rings. The molecule has 1 amide bonds. The number of amides is 1. The molecule has 2 aromatic carbocycles. The summed E-state index contributed by atoms with van der Waals surface area (Å²) in [6, 6.07) is 18.7. The second-order valence-corrected chi connectivity index (χ2v) is 9.65. The molecule has 3 aromatic rings. The van der Waals surface area contributed by atoms with Gasteiger partial charge in [-0.25, -0.2) is 8.42 Å². The first-order valence-corrected chi connectivity index (χ1v) is 12.2. The standard InChI is InChI=1S/C25H29N3O4S/c1-18(2)20-12-13-23(32-3)24(16-20)33(30,31)28-22(15-19-9-5-4-6-10-19)25(29)27-17-21-11-7-8-14-26-21/h4-14,16,18,22,28H,15,17H2,1-3H3,(H,27,29). The molecule has 3 rings (SSSR count). The Kier molecular flexibility index (Phi) is 8.19. The average Bonchev–Trinajstić information content (AvgIpc) is 2.82. The van der Waals surface area contributed by atoms with Crippen LogP contribution in [0, 0.1) is 0 Å². The molecule has 0 saturated carbocycles. The Bertz CT molecular complexity index is 1170. The molecule has 0 saturated heterocycles. The maximum absolute atomic E-state index is 13.4. The molecule has 7 nitrogen and oxygen atoms in total. The summed E-state index contributed by atoms with van der Waals surface area (Å²) < 4.78 is 34.7. The van der Waals surface area contributed by atoms with E-state index < -0.39 is 22.0 Å². The van der Waals surface area contributed by atoms with Crippen molar-refractivity contribution in [3.05, 3.63) is 89.7 Å². The SMILES string of the molecule is COc1ccc(C(C)C)cc1S(=O)(=O)NC(Cc1ccccc1)C(=O)NCc1ccccn1. The van der Waals surface area contributed by atoms with Crippen LogP contribution in [-0.4, -0.2) is 32.5 Å². The van der Waals surface area contributed by atoms with Gasteiger partial charge in [0.15, 0.2) is 0 Å². The molecule has 1 unspecified atom stereocenters. The molecule has 33 heavy (non-hydrogen) atoms. The molecule has 174 valence electrons. The Morgan fingerprint density at radius 3 is 2.39 bits per heavy atom. The van der Waals surface area contributed by atoms with Gasteiger partial charge in [-0.2, -0.15) is 4.72 Å². The Morgan fingerprint density at radius 1 is 1.03 bits per heavy atom. The molecule has 0 bridgehead atoms. The summed E-state index contributed by atoms with van der Waals surface area (Å²) >= 11 is 0. The summed E-state index contributed by atoms with van der Waals surface area (Å²) in [5, 5.41) is 2.79. The quantitative estimate of drug-likeness (QED) is 0.476. The number of sulfonamides is 1. The van der Waals surface area contributed by atoms with Crippen LogP contribution < -0.4 is 14.8 Å². The van der Waals surface area contributed by atoms with E-state index >= 15 is 0 Å². The fourth-order valence-electron chi connectivity index (χ4n) is 3.35. The second-order valence-electron chi connectivity index (χ2n) is 7.97. The van der Waals surface area contributed by atoms with Gasteiger partial charge < -0.3 is 10.1 Å². The van der Waals surface area contributed by atoms with Gasteiger partial charge in [0.1, 0.15) is 16.7 Å². The summed E-state index contributed by atoms with van der Waals surface area (Å²) in [7, 11) is -2.64. The van der Waals surface area contributed by atoms with E-state index in [2.05, 4.69) is 15.0 Å². The van der Waals surface area contributed by atoms with Gasteiger partial charge in [0.25, 0.3) is 0 Å². The third-order valence-corrected chi connectivity index (χ3v) is 6.70. The van der Waals surface area contributed by atoms with Crippen molar-refractivity contribution >= 4 is 15.9 Å². The van der Waals surface area contributed by atoms with Crippen LogP contribution in [0.2, 0.25) is 0 Å². The van der Waals surface area contributed by atoms with Crippen LogP contribution in [0.15, 0.2) is 77.8 Å². The largest absolute Gasteiger partial charge is 0.495 e. The van der Waals surface area contributed by atoms with Crippen LogP contribution in [-0.2, 0) is 27.8 Å². The van der Waals surface area contributed by atoms with Gasteiger partial charge in [0, 0.05) is 6.20 Å². The molecular formula is C25H29N3O4S. The zero-order valence-electron chi connectivity index (χ0n) is 19.0. The lowest BCUT2D eigenvalue weighted by molar-refractivity contribution is -0.122. The zero-order chi connectivity index (χ0) is 23.8. The number of ether oxygens (including phenoxy) is 1. The van der Waals surface area contributed by atoms with Crippen molar-refractivity contribution < 1.29 is 17.9 Å². The number of nitrogens with one attached hydrogen (secondary N) is 2. The van der Waals surface area contributed by atoms with E-state index in [1.807, 2.05) is 56.3 Å². The molecule has 1 aromatic heterocycles. The highest BCUT2D eigenvalue weighted by Gasteiger charge is 2.28. The van der Waals surface area contributed by atoms with Crippen molar-refractivity contribution in [1.82, 2.24) is 15.0 Å².